The second kappa shape index (κ2) is 5.28. The molecule has 0 bridgehead atoms. The van der Waals surface area contributed by atoms with Gasteiger partial charge in [0.2, 0.25) is 0 Å². The first kappa shape index (κ1) is 12.7. The normalized spacial score (nSPS) is 25.1. The SMILES string of the molecule is C[C@@H]1C[C@H](C)CN(c2ccc(Cl)cc2CN)C1. The van der Waals surface area contributed by atoms with Gasteiger partial charge >= 0.3 is 0 Å². The van der Waals surface area contributed by atoms with Crippen molar-refractivity contribution in [3.63, 3.8) is 0 Å². The summed E-state index contributed by atoms with van der Waals surface area (Å²) in [5.41, 5.74) is 8.22. The van der Waals surface area contributed by atoms with Crippen molar-refractivity contribution >= 4 is 17.3 Å². The molecule has 17 heavy (non-hydrogen) atoms. The number of nitrogens with two attached hydrogens (primary N) is 1. The van der Waals surface area contributed by atoms with E-state index in [9.17, 15) is 0 Å². The highest BCUT2D eigenvalue weighted by atomic mass is 35.5. The first-order valence-electron chi connectivity index (χ1n) is 6.33. The molecule has 0 unspecified atom stereocenters. The third kappa shape index (κ3) is 2.93. The van der Waals surface area contributed by atoms with Gasteiger partial charge in [-0.25, -0.2) is 0 Å². The third-order valence-corrected chi connectivity index (χ3v) is 3.71. The van der Waals surface area contributed by atoms with E-state index in [1.54, 1.807) is 0 Å². The number of nitrogens with zero attached hydrogens (tertiary/aromatic N) is 1. The van der Waals surface area contributed by atoms with Crippen LogP contribution in [0.2, 0.25) is 5.02 Å². The summed E-state index contributed by atoms with van der Waals surface area (Å²) >= 11 is 6.02. The Morgan fingerprint density at radius 1 is 1.29 bits per heavy atom. The fourth-order valence-corrected chi connectivity index (χ4v) is 3.08. The van der Waals surface area contributed by atoms with E-state index >= 15 is 0 Å². The zero-order valence-corrected chi connectivity index (χ0v) is 11.4. The molecule has 1 aromatic rings. The van der Waals surface area contributed by atoms with Gasteiger partial charge in [-0.1, -0.05) is 25.4 Å². The lowest BCUT2D eigenvalue weighted by molar-refractivity contribution is 0.356. The quantitative estimate of drug-likeness (QED) is 0.875. The van der Waals surface area contributed by atoms with Crippen molar-refractivity contribution in [1.29, 1.82) is 0 Å². The van der Waals surface area contributed by atoms with Gasteiger partial charge in [0.05, 0.1) is 0 Å². The van der Waals surface area contributed by atoms with Gasteiger partial charge in [-0.2, -0.15) is 0 Å². The first-order valence-corrected chi connectivity index (χ1v) is 6.71. The average molecular weight is 253 g/mol. The van der Waals surface area contributed by atoms with Crippen molar-refractivity contribution in [3.8, 4) is 0 Å². The molecule has 2 atom stereocenters. The number of piperidine rings is 1. The van der Waals surface area contributed by atoms with E-state index in [0.717, 1.165) is 35.5 Å². The summed E-state index contributed by atoms with van der Waals surface area (Å²) in [6.45, 7) is 7.44. The Hall–Kier alpha value is -0.730. The number of hydrogen-bond donors (Lipinski definition) is 1. The van der Waals surface area contributed by atoms with Crippen molar-refractivity contribution in [2.45, 2.75) is 26.8 Å². The van der Waals surface area contributed by atoms with Gasteiger partial charge < -0.3 is 10.6 Å². The van der Waals surface area contributed by atoms with Gasteiger partial charge in [0.1, 0.15) is 0 Å². The Bertz CT molecular complexity index is 382. The molecule has 1 fully saturated rings. The molecule has 0 spiro atoms. The standard InChI is InChI=1S/C14H21ClN2/c1-10-5-11(2)9-17(8-10)14-4-3-13(15)6-12(14)7-16/h3-4,6,10-11H,5,7-9,16H2,1-2H3/t10-,11+. The highest BCUT2D eigenvalue weighted by Crippen LogP contribution is 2.30. The van der Waals surface area contributed by atoms with Crippen LogP contribution >= 0.6 is 11.6 Å². The van der Waals surface area contributed by atoms with Gasteiger partial charge in [-0.15, -0.1) is 0 Å². The fourth-order valence-electron chi connectivity index (χ4n) is 2.89. The van der Waals surface area contributed by atoms with Crippen molar-refractivity contribution in [1.82, 2.24) is 0 Å². The van der Waals surface area contributed by atoms with E-state index in [1.165, 1.54) is 12.1 Å². The lowest BCUT2D eigenvalue weighted by atomic mass is 9.91. The summed E-state index contributed by atoms with van der Waals surface area (Å²) in [4.78, 5) is 2.46. The summed E-state index contributed by atoms with van der Waals surface area (Å²) in [5, 5.41) is 0.771. The molecule has 94 valence electrons. The molecule has 2 nitrogen and oxygen atoms in total. The van der Waals surface area contributed by atoms with Crippen LogP contribution in [0.3, 0.4) is 0 Å². The highest BCUT2D eigenvalue weighted by Gasteiger charge is 2.23. The second-order valence-electron chi connectivity index (χ2n) is 5.33. The van der Waals surface area contributed by atoms with Crippen molar-refractivity contribution in [2.24, 2.45) is 17.6 Å². The van der Waals surface area contributed by atoms with E-state index < -0.39 is 0 Å². The predicted octanol–water partition coefficient (Wildman–Crippen LogP) is 3.28. The third-order valence-electron chi connectivity index (χ3n) is 3.47. The molecule has 0 saturated carbocycles. The molecule has 1 aliphatic rings. The Morgan fingerprint density at radius 2 is 1.94 bits per heavy atom. The molecular weight excluding hydrogens is 232 g/mol. The largest absolute Gasteiger partial charge is 0.371 e. The number of halogens is 1. The highest BCUT2D eigenvalue weighted by molar-refractivity contribution is 6.30. The van der Waals surface area contributed by atoms with E-state index in [4.69, 9.17) is 17.3 Å². The molecule has 1 aliphatic heterocycles. The number of benzene rings is 1. The molecule has 1 heterocycles. The van der Waals surface area contributed by atoms with Gasteiger partial charge in [0.15, 0.2) is 0 Å². The monoisotopic (exact) mass is 252 g/mol. The van der Waals surface area contributed by atoms with Crippen molar-refractivity contribution in [3.05, 3.63) is 28.8 Å². The number of anilines is 1. The number of rotatable bonds is 2. The van der Waals surface area contributed by atoms with Gasteiger partial charge in [0.25, 0.3) is 0 Å². The molecule has 0 aromatic heterocycles. The fraction of sp³-hybridized carbons (Fsp3) is 0.571. The minimum absolute atomic E-state index is 0.551. The van der Waals surface area contributed by atoms with Crippen LogP contribution in [0.1, 0.15) is 25.8 Å². The summed E-state index contributed by atoms with van der Waals surface area (Å²) in [6.07, 6.45) is 1.32. The molecule has 2 N–H and O–H groups in total. The van der Waals surface area contributed by atoms with E-state index in [0.29, 0.717) is 6.54 Å². The molecule has 0 radical (unpaired) electrons. The molecule has 2 rings (SSSR count). The second-order valence-corrected chi connectivity index (χ2v) is 5.76. The average Bonchev–Trinajstić information content (AvgIpc) is 2.27. The zero-order valence-electron chi connectivity index (χ0n) is 10.6. The van der Waals surface area contributed by atoms with Crippen LogP contribution in [0, 0.1) is 11.8 Å². The number of hydrogen-bond acceptors (Lipinski definition) is 2. The topological polar surface area (TPSA) is 29.3 Å². The molecule has 0 amide bonds. The van der Waals surface area contributed by atoms with Crippen LogP contribution in [0.5, 0.6) is 0 Å². The van der Waals surface area contributed by atoms with Crippen LogP contribution in [-0.2, 0) is 6.54 Å². The summed E-state index contributed by atoms with van der Waals surface area (Å²) in [5.74, 6) is 1.50. The van der Waals surface area contributed by atoms with Gasteiger partial charge in [0, 0.05) is 30.3 Å². The Morgan fingerprint density at radius 3 is 2.53 bits per heavy atom. The van der Waals surface area contributed by atoms with E-state index in [2.05, 4.69) is 24.8 Å². The maximum Gasteiger partial charge on any atom is 0.0412 e. The van der Waals surface area contributed by atoms with Crippen LogP contribution < -0.4 is 10.6 Å². The maximum absolute atomic E-state index is 6.02. The van der Waals surface area contributed by atoms with Crippen molar-refractivity contribution in [2.75, 3.05) is 18.0 Å². The Kier molecular flexibility index (Phi) is 3.95. The van der Waals surface area contributed by atoms with Crippen LogP contribution in [-0.4, -0.2) is 13.1 Å². The molecular formula is C14H21ClN2. The van der Waals surface area contributed by atoms with E-state index in [1.807, 2.05) is 12.1 Å². The Labute approximate surface area is 109 Å². The van der Waals surface area contributed by atoms with Crippen LogP contribution in [0.4, 0.5) is 5.69 Å². The first-order chi connectivity index (χ1) is 8.10. The maximum atomic E-state index is 6.02. The minimum atomic E-state index is 0.551. The van der Waals surface area contributed by atoms with Crippen molar-refractivity contribution < 1.29 is 0 Å². The summed E-state index contributed by atoms with van der Waals surface area (Å²) in [6, 6.07) is 6.05. The minimum Gasteiger partial charge on any atom is -0.371 e. The summed E-state index contributed by atoms with van der Waals surface area (Å²) in [7, 11) is 0. The lowest BCUT2D eigenvalue weighted by Gasteiger charge is -2.37. The zero-order chi connectivity index (χ0) is 12.4. The molecule has 0 aliphatic carbocycles. The van der Waals surface area contributed by atoms with Gasteiger partial charge in [-0.3, -0.25) is 0 Å². The summed E-state index contributed by atoms with van der Waals surface area (Å²) < 4.78 is 0. The van der Waals surface area contributed by atoms with Crippen LogP contribution in [0.15, 0.2) is 18.2 Å². The molecule has 1 saturated heterocycles. The lowest BCUT2D eigenvalue weighted by Crippen LogP contribution is -2.39. The van der Waals surface area contributed by atoms with Gasteiger partial charge in [-0.05, 0) is 42.0 Å². The smallest absolute Gasteiger partial charge is 0.0412 e. The van der Waals surface area contributed by atoms with Crippen LogP contribution in [0.25, 0.3) is 0 Å². The predicted molar refractivity (Wildman–Crippen MR) is 74.5 cm³/mol. The molecule has 1 aromatic carbocycles. The Balaban J connectivity index is 2.26. The van der Waals surface area contributed by atoms with E-state index in [-0.39, 0.29) is 0 Å². The molecule has 3 heteroatoms.